The molecule has 1 aromatic carbocycles. The van der Waals surface area contributed by atoms with Crippen molar-refractivity contribution in [2.45, 2.75) is 37.5 Å². The van der Waals surface area contributed by atoms with Gasteiger partial charge in [-0.1, -0.05) is 24.6 Å². The molecule has 2 rings (SSSR count). The van der Waals surface area contributed by atoms with Gasteiger partial charge in [-0.25, -0.2) is 8.42 Å². The van der Waals surface area contributed by atoms with Crippen LogP contribution in [0.1, 0.15) is 37.8 Å². The number of amides is 1. The fourth-order valence-electron chi connectivity index (χ4n) is 2.47. The molecule has 0 saturated carbocycles. The number of carbonyl (C=O) groups is 1. The monoisotopic (exact) mass is 296 g/mol. The summed E-state index contributed by atoms with van der Waals surface area (Å²) in [5.74, 6) is -0.349. The van der Waals surface area contributed by atoms with E-state index >= 15 is 0 Å². The molecule has 20 heavy (non-hydrogen) atoms. The Morgan fingerprint density at radius 1 is 1.35 bits per heavy atom. The Bertz CT molecular complexity index is 596. The van der Waals surface area contributed by atoms with Gasteiger partial charge in [0.15, 0.2) is 9.84 Å². The number of benzene rings is 1. The van der Waals surface area contributed by atoms with E-state index < -0.39 is 21.0 Å². The standard InChI is InChI=1S/C14H20N2O3S/c1-10(15)11-6-2-3-7-12(11)16-14(17)13-8-4-5-9-20(13,18)19/h2-3,6-7,10,13H,4-5,8-9,15H2,1H3,(H,16,17). The number of sulfone groups is 1. The minimum Gasteiger partial charge on any atom is -0.325 e. The molecule has 1 amide bonds. The molecule has 0 bridgehead atoms. The van der Waals surface area contributed by atoms with E-state index in [0.717, 1.165) is 12.0 Å². The first-order chi connectivity index (χ1) is 9.42. The molecule has 1 heterocycles. The number of anilines is 1. The van der Waals surface area contributed by atoms with E-state index in [4.69, 9.17) is 5.73 Å². The van der Waals surface area contributed by atoms with Gasteiger partial charge in [-0.3, -0.25) is 4.79 Å². The van der Waals surface area contributed by atoms with Gasteiger partial charge in [-0.05, 0) is 31.4 Å². The number of nitrogens with one attached hydrogen (secondary N) is 1. The van der Waals surface area contributed by atoms with Crippen molar-refractivity contribution in [2.24, 2.45) is 5.73 Å². The van der Waals surface area contributed by atoms with Crippen LogP contribution in [0, 0.1) is 0 Å². The first-order valence-corrected chi connectivity index (χ1v) is 8.50. The van der Waals surface area contributed by atoms with Gasteiger partial charge in [-0.2, -0.15) is 0 Å². The fourth-order valence-corrected chi connectivity index (χ4v) is 4.27. The number of hydrogen-bond acceptors (Lipinski definition) is 4. The lowest BCUT2D eigenvalue weighted by Gasteiger charge is -2.22. The van der Waals surface area contributed by atoms with Crippen molar-refractivity contribution in [3.63, 3.8) is 0 Å². The molecule has 1 aromatic rings. The maximum Gasteiger partial charge on any atom is 0.242 e. The van der Waals surface area contributed by atoms with Crippen LogP contribution in [0.15, 0.2) is 24.3 Å². The van der Waals surface area contributed by atoms with E-state index in [2.05, 4.69) is 5.32 Å². The second-order valence-electron chi connectivity index (χ2n) is 5.22. The molecule has 1 aliphatic rings. The third kappa shape index (κ3) is 3.19. The van der Waals surface area contributed by atoms with Crippen molar-refractivity contribution in [1.82, 2.24) is 0 Å². The predicted octanol–water partition coefficient (Wildman–Crippen LogP) is 1.61. The molecular formula is C14H20N2O3S. The van der Waals surface area contributed by atoms with Crippen LogP contribution in [0.5, 0.6) is 0 Å². The smallest absolute Gasteiger partial charge is 0.242 e. The Morgan fingerprint density at radius 2 is 2.05 bits per heavy atom. The quantitative estimate of drug-likeness (QED) is 0.887. The van der Waals surface area contributed by atoms with Gasteiger partial charge < -0.3 is 11.1 Å². The van der Waals surface area contributed by atoms with E-state index in [-0.39, 0.29) is 11.8 Å². The Labute approximate surface area is 119 Å². The zero-order valence-electron chi connectivity index (χ0n) is 11.5. The van der Waals surface area contributed by atoms with Crippen LogP contribution in [-0.2, 0) is 14.6 Å². The number of para-hydroxylation sites is 1. The highest BCUT2D eigenvalue weighted by molar-refractivity contribution is 7.92. The normalized spacial score (nSPS) is 23.0. The van der Waals surface area contributed by atoms with E-state index in [0.29, 0.717) is 18.5 Å². The van der Waals surface area contributed by atoms with E-state index in [1.165, 1.54) is 0 Å². The van der Waals surface area contributed by atoms with Crippen molar-refractivity contribution >= 4 is 21.4 Å². The third-order valence-electron chi connectivity index (χ3n) is 3.58. The van der Waals surface area contributed by atoms with Crippen molar-refractivity contribution in [3.05, 3.63) is 29.8 Å². The van der Waals surface area contributed by atoms with Crippen LogP contribution in [0.4, 0.5) is 5.69 Å². The molecule has 3 N–H and O–H groups in total. The summed E-state index contributed by atoms with van der Waals surface area (Å²) in [6.45, 7) is 1.82. The van der Waals surface area contributed by atoms with Gasteiger partial charge in [0, 0.05) is 11.7 Å². The average molecular weight is 296 g/mol. The van der Waals surface area contributed by atoms with Crippen molar-refractivity contribution in [2.75, 3.05) is 11.1 Å². The van der Waals surface area contributed by atoms with Crippen LogP contribution in [-0.4, -0.2) is 25.3 Å². The highest BCUT2D eigenvalue weighted by atomic mass is 32.2. The summed E-state index contributed by atoms with van der Waals surface area (Å²) in [6, 6.07) is 6.97. The molecule has 6 heteroatoms. The van der Waals surface area contributed by atoms with Gasteiger partial charge in [0.05, 0.1) is 5.75 Å². The van der Waals surface area contributed by atoms with E-state index in [9.17, 15) is 13.2 Å². The minimum atomic E-state index is -3.32. The Morgan fingerprint density at radius 3 is 2.70 bits per heavy atom. The summed E-state index contributed by atoms with van der Waals surface area (Å²) < 4.78 is 23.9. The zero-order valence-corrected chi connectivity index (χ0v) is 12.3. The molecule has 110 valence electrons. The maximum atomic E-state index is 12.2. The van der Waals surface area contributed by atoms with E-state index in [1.807, 2.05) is 19.1 Å². The maximum absolute atomic E-state index is 12.2. The molecule has 1 saturated heterocycles. The summed E-state index contributed by atoms with van der Waals surface area (Å²) in [5.41, 5.74) is 7.24. The van der Waals surface area contributed by atoms with Gasteiger partial charge in [0.1, 0.15) is 5.25 Å². The summed E-state index contributed by atoms with van der Waals surface area (Å²) in [7, 11) is -3.32. The third-order valence-corrected chi connectivity index (χ3v) is 5.75. The molecular weight excluding hydrogens is 276 g/mol. The molecule has 1 fully saturated rings. The first kappa shape index (κ1) is 15.0. The Balaban J connectivity index is 2.20. The molecule has 0 radical (unpaired) electrons. The highest BCUT2D eigenvalue weighted by Crippen LogP contribution is 2.24. The second kappa shape index (κ2) is 5.93. The van der Waals surface area contributed by atoms with E-state index in [1.54, 1.807) is 12.1 Å². The molecule has 0 aromatic heterocycles. The summed E-state index contributed by atoms with van der Waals surface area (Å²) in [6.07, 6.45) is 1.81. The van der Waals surface area contributed by atoms with Gasteiger partial charge in [0.25, 0.3) is 0 Å². The van der Waals surface area contributed by atoms with Crippen LogP contribution < -0.4 is 11.1 Å². The first-order valence-electron chi connectivity index (χ1n) is 6.79. The highest BCUT2D eigenvalue weighted by Gasteiger charge is 2.35. The minimum absolute atomic E-state index is 0.0972. The van der Waals surface area contributed by atoms with Crippen LogP contribution in [0.3, 0.4) is 0 Å². The zero-order chi connectivity index (χ0) is 14.8. The number of nitrogens with two attached hydrogens (primary N) is 1. The SMILES string of the molecule is CC(N)c1ccccc1NC(=O)C1CCCCS1(=O)=O. The second-order valence-corrected chi connectivity index (χ2v) is 7.52. The molecule has 0 aliphatic carbocycles. The molecule has 1 aliphatic heterocycles. The van der Waals surface area contributed by atoms with Gasteiger partial charge in [0.2, 0.25) is 5.91 Å². The van der Waals surface area contributed by atoms with Crippen molar-refractivity contribution in [3.8, 4) is 0 Å². The predicted molar refractivity (Wildman–Crippen MR) is 79.1 cm³/mol. The van der Waals surface area contributed by atoms with Gasteiger partial charge >= 0.3 is 0 Å². The van der Waals surface area contributed by atoms with Gasteiger partial charge in [-0.15, -0.1) is 0 Å². The lowest BCUT2D eigenvalue weighted by molar-refractivity contribution is -0.116. The van der Waals surface area contributed by atoms with Crippen LogP contribution >= 0.6 is 0 Å². The molecule has 2 atom stereocenters. The van der Waals surface area contributed by atoms with Crippen molar-refractivity contribution in [1.29, 1.82) is 0 Å². The molecule has 0 spiro atoms. The summed E-state index contributed by atoms with van der Waals surface area (Å²) >= 11 is 0. The average Bonchev–Trinajstić information content (AvgIpc) is 2.38. The number of hydrogen-bond donors (Lipinski definition) is 2. The van der Waals surface area contributed by atoms with Crippen molar-refractivity contribution < 1.29 is 13.2 Å². The molecule has 5 nitrogen and oxygen atoms in total. The number of rotatable bonds is 3. The summed E-state index contributed by atoms with van der Waals surface area (Å²) in [4.78, 5) is 12.2. The van der Waals surface area contributed by atoms with Crippen LogP contribution in [0.25, 0.3) is 0 Å². The topological polar surface area (TPSA) is 89.3 Å². The fraction of sp³-hybridized carbons (Fsp3) is 0.500. The largest absolute Gasteiger partial charge is 0.325 e. The summed E-state index contributed by atoms with van der Waals surface area (Å²) in [5, 5.41) is 1.79. The number of carbonyl (C=O) groups excluding carboxylic acids is 1. The molecule has 2 unspecified atom stereocenters. The lowest BCUT2D eigenvalue weighted by Crippen LogP contribution is -2.39. The lowest BCUT2D eigenvalue weighted by atomic mass is 10.1. The Hall–Kier alpha value is -1.40. The van der Waals surface area contributed by atoms with Crippen LogP contribution in [0.2, 0.25) is 0 Å². The Kier molecular flexibility index (Phi) is 4.45.